The SMILES string of the molecule is O=c1cc(CN2CCc3ccccc3C2)occ1OCc1c(F)cccc1Cl. The Morgan fingerprint density at radius 3 is 2.75 bits per heavy atom. The third-order valence-corrected chi connectivity index (χ3v) is 5.23. The average Bonchev–Trinajstić information content (AvgIpc) is 2.69. The van der Waals surface area contributed by atoms with Gasteiger partial charge in [-0.15, -0.1) is 0 Å². The van der Waals surface area contributed by atoms with E-state index < -0.39 is 5.82 Å². The topological polar surface area (TPSA) is 42.7 Å². The van der Waals surface area contributed by atoms with E-state index in [1.165, 1.54) is 35.6 Å². The molecule has 0 spiro atoms. The van der Waals surface area contributed by atoms with Gasteiger partial charge in [-0.1, -0.05) is 41.9 Å². The van der Waals surface area contributed by atoms with E-state index in [9.17, 15) is 9.18 Å². The molecule has 0 saturated heterocycles. The molecule has 6 heteroatoms. The molecule has 0 aliphatic carbocycles. The largest absolute Gasteiger partial charge is 0.482 e. The molecule has 0 atom stereocenters. The molecule has 0 unspecified atom stereocenters. The Hall–Kier alpha value is -2.63. The van der Waals surface area contributed by atoms with Crippen molar-refractivity contribution in [3.8, 4) is 5.75 Å². The first kappa shape index (κ1) is 18.7. The van der Waals surface area contributed by atoms with Crippen LogP contribution in [0.15, 0.2) is 64.0 Å². The molecule has 0 fully saturated rings. The molecule has 0 radical (unpaired) electrons. The van der Waals surface area contributed by atoms with Crippen molar-refractivity contribution < 1.29 is 13.5 Å². The van der Waals surface area contributed by atoms with Gasteiger partial charge in [-0.3, -0.25) is 9.69 Å². The van der Waals surface area contributed by atoms with E-state index in [1.807, 2.05) is 6.07 Å². The van der Waals surface area contributed by atoms with Gasteiger partial charge >= 0.3 is 0 Å². The van der Waals surface area contributed by atoms with E-state index in [-0.39, 0.29) is 28.4 Å². The predicted molar refractivity (Wildman–Crippen MR) is 105 cm³/mol. The molecular weight excluding hydrogens is 381 g/mol. The summed E-state index contributed by atoms with van der Waals surface area (Å²) in [4.78, 5) is 14.6. The van der Waals surface area contributed by atoms with Crippen LogP contribution in [0.2, 0.25) is 5.02 Å². The summed E-state index contributed by atoms with van der Waals surface area (Å²) in [6, 6.07) is 14.2. The van der Waals surface area contributed by atoms with Crippen LogP contribution in [0.4, 0.5) is 4.39 Å². The van der Waals surface area contributed by atoms with Crippen LogP contribution in [-0.2, 0) is 26.1 Å². The number of ether oxygens (including phenoxy) is 1. The number of benzene rings is 2. The second kappa shape index (κ2) is 8.17. The van der Waals surface area contributed by atoms with Gasteiger partial charge in [0.05, 0.1) is 11.6 Å². The van der Waals surface area contributed by atoms with Crippen molar-refractivity contribution in [1.29, 1.82) is 0 Å². The molecule has 1 aromatic heterocycles. The number of nitrogens with zero attached hydrogens (tertiary/aromatic N) is 1. The Morgan fingerprint density at radius 2 is 1.96 bits per heavy atom. The van der Waals surface area contributed by atoms with Gasteiger partial charge in [-0.05, 0) is 29.7 Å². The molecule has 1 aliphatic rings. The Balaban J connectivity index is 1.42. The van der Waals surface area contributed by atoms with E-state index >= 15 is 0 Å². The lowest BCUT2D eigenvalue weighted by atomic mass is 10.00. The Bertz CT molecular complexity index is 1030. The van der Waals surface area contributed by atoms with Gasteiger partial charge in [0.25, 0.3) is 0 Å². The summed E-state index contributed by atoms with van der Waals surface area (Å²) >= 11 is 5.98. The van der Waals surface area contributed by atoms with Gasteiger partial charge in [-0.25, -0.2) is 4.39 Å². The van der Waals surface area contributed by atoms with Crippen LogP contribution in [0.3, 0.4) is 0 Å². The molecule has 1 aliphatic heterocycles. The van der Waals surface area contributed by atoms with E-state index in [4.69, 9.17) is 20.8 Å². The van der Waals surface area contributed by atoms with E-state index in [2.05, 4.69) is 23.1 Å². The Labute approximate surface area is 167 Å². The normalized spacial score (nSPS) is 13.9. The minimum Gasteiger partial charge on any atom is -0.482 e. The number of hydrogen-bond donors (Lipinski definition) is 0. The summed E-state index contributed by atoms with van der Waals surface area (Å²) in [5.41, 5.74) is 2.58. The van der Waals surface area contributed by atoms with Gasteiger partial charge in [0.1, 0.15) is 24.4 Å². The molecule has 4 nitrogen and oxygen atoms in total. The monoisotopic (exact) mass is 399 g/mol. The van der Waals surface area contributed by atoms with Crippen molar-refractivity contribution in [3.05, 3.63) is 98.3 Å². The molecule has 0 amide bonds. The highest BCUT2D eigenvalue weighted by molar-refractivity contribution is 6.31. The zero-order valence-electron chi connectivity index (χ0n) is 15.2. The van der Waals surface area contributed by atoms with Crippen LogP contribution in [0.5, 0.6) is 5.75 Å². The summed E-state index contributed by atoms with van der Waals surface area (Å²) in [5, 5.41) is 0.256. The van der Waals surface area contributed by atoms with Gasteiger partial charge in [0.2, 0.25) is 11.2 Å². The highest BCUT2D eigenvalue weighted by Gasteiger charge is 2.17. The predicted octanol–water partition coefficient (Wildman–Crippen LogP) is 4.57. The maximum absolute atomic E-state index is 13.8. The molecule has 0 N–H and O–H groups in total. The molecule has 144 valence electrons. The highest BCUT2D eigenvalue weighted by atomic mass is 35.5. The van der Waals surface area contributed by atoms with E-state index in [0.29, 0.717) is 12.3 Å². The first-order valence-corrected chi connectivity index (χ1v) is 9.44. The van der Waals surface area contributed by atoms with Crippen molar-refractivity contribution in [2.75, 3.05) is 6.54 Å². The van der Waals surface area contributed by atoms with Crippen LogP contribution in [0.1, 0.15) is 22.5 Å². The fourth-order valence-electron chi connectivity index (χ4n) is 3.36. The van der Waals surface area contributed by atoms with E-state index in [1.54, 1.807) is 6.07 Å². The fourth-order valence-corrected chi connectivity index (χ4v) is 3.57. The van der Waals surface area contributed by atoms with Crippen molar-refractivity contribution in [2.45, 2.75) is 26.1 Å². The lowest BCUT2D eigenvalue weighted by Crippen LogP contribution is -2.30. The third-order valence-electron chi connectivity index (χ3n) is 4.88. The summed E-state index contributed by atoms with van der Waals surface area (Å²) in [6.45, 7) is 2.14. The van der Waals surface area contributed by atoms with Crippen LogP contribution in [0, 0.1) is 5.82 Å². The summed E-state index contributed by atoms with van der Waals surface area (Å²) < 4.78 is 24.8. The lowest BCUT2D eigenvalue weighted by Gasteiger charge is -2.28. The van der Waals surface area contributed by atoms with Gasteiger partial charge in [-0.2, -0.15) is 0 Å². The molecule has 2 aromatic carbocycles. The molecule has 0 saturated carbocycles. The maximum atomic E-state index is 13.8. The molecule has 2 heterocycles. The fraction of sp³-hybridized carbons (Fsp3) is 0.227. The Morgan fingerprint density at radius 1 is 1.14 bits per heavy atom. The molecule has 3 aromatic rings. The smallest absolute Gasteiger partial charge is 0.227 e. The Kier molecular flexibility index (Phi) is 5.46. The first-order valence-electron chi connectivity index (χ1n) is 9.07. The van der Waals surface area contributed by atoms with Gasteiger partial charge < -0.3 is 9.15 Å². The number of rotatable bonds is 5. The molecule has 28 heavy (non-hydrogen) atoms. The summed E-state index contributed by atoms with van der Waals surface area (Å²) in [5.74, 6) is 0.131. The van der Waals surface area contributed by atoms with Crippen LogP contribution in [0.25, 0.3) is 0 Å². The van der Waals surface area contributed by atoms with Crippen molar-refractivity contribution >= 4 is 11.6 Å². The number of halogens is 2. The summed E-state index contributed by atoms with van der Waals surface area (Å²) in [7, 11) is 0. The lowest BCUT2D eigenvalue weighted by molar-refractivity contribution is 0.220. The maximum Gasteiger partial charge on any atom is 0.227 e. The highest BCUT2D eigenvalue weighted by Crippen LogP contribution is 2.22. The number of fused-ring (bicyclic) bond motifs is 1. The number of hydrogen-bond acceptors (Lipinski definition) is 4. The van der Waals surface area contributed by atoms with Crippen LogP contribution in [-0.4, -0.2) is 11.4 Å². The van der Waals surface area contributed by atoms with Crippen LogP contribution < -0.4 is 10.2 Å². The minimum absolute atomic E-state index is 0.0343. The van der Waals surface area contributed by atoms with Crippen molar-refractivity contribution in [2.24, 2.45) is 0 Å². The van der Waals surface area contributed by atoms with Crippen molar-refractivity contribution in [3.63, 3.8) is 0 Å². The second-order valence-electron chi connectivity index (χ2n) is 6.79. The van der Waals surface area contributed by atoms with Gasteiger partial charge in [0, 0.05) is 24.7 Å². The zero-order chi connectivity index (χ0) is 19.5. The average molecular weight is 400 g/mol. The van der Waals surface area contributed by atoms with Crippen molar-refractivity contribution in [1.82, 2.24) is 4.90 Å². The first-order chi connectivity index (χ1) is 13.6. The van der Waals surface area contributed by atoms with Crippen LogP contribution >= 0.6 is 11.6 Å². The standard InChI is InChI=1S/C22H19ClFNO3/c23-19-6-3-7-20(24)18(19)13-28-22-14-27-17(10-21(22)26)12-25-9-8-15-4-1-2-5-16(15)11-25/h1-7,10,14H,8-9,11-13H2. The quantitative estimate of drug-likeness (QED) is 0.630. The van der Waals surface area contributed by atoms with Gasteiger partial charge in [0.15, 0.2) is 0 Å². The molecule has 4 rings (SSSR count). The third kappa shape index (κ3) is 4.11. The molecular formula is C22H19ClFNO3. The molecule has 0 bridgehead atoms. The minimum atomic E-state index is -0.473. The second-order valence-corrected chi connectivity index (χ2v) is 7.20. The summed E-state index contributed by atoms with van der Waals surface area (Å²) in [6.07, 6.45) is 2.26. The van der Waals surface area contributed by atoms with E-state index in [0.717, 1.165) is 19.5 Å². The zero-order valence-corrected chi connectivity index (χ0v) is 15.9.